The van der Waals surface area contributed by atoms with E-state index in [4.69, 9.17) is 4.98 Å². The minimum absolute atomic E-state index is 0.00870. The van der Waals surface area contributed by atoms with Crippen LogP contribution in [-0.2, 0) is 14.4 Å². The molecule has 0 bridgehead atoms. The molecule has 324 valence electrons. The minimum atomic E-state index is -1.00. The van der Waals surface area contributed by atoms with Gasteiger partial charge in [0.15, 0.2) is 5.78 Å². The van der Waals surface area contributed by atoms with Gasteiger partial charge >= 0.3 is 0 Å². The van der Waals surface area contributed by atoms with E-state index in [-0.39, 0.29) is 52.8 Å². The van der Waals surface area contributed by atoms with Gasteiger partial charge in [-0.2, -0.15) is 4.98 Å². The molecule has 8 rings (SSSR count). The highest BCUT2D eigenvalue weighted by Gasteiger charge is 2.45. The van der Waals surface area contributed by atoms with E-state index in [0.717, 1.165) is 68.4 Å². The molecule has 1 aliphatic carbocycles. The molecule has 5 amide bonds. The molecular formula is C45H52N10O7. The van der Waals surface area contributed by atoms with Gasteiger partial charge < -0.3 is 20.4 Å². The summed E-state index contributed by atoms with van der Waals surface area (Å²) < 4.78 is 1.69. The number of piperazine rings is 1. The third-order valence-electron chi connectivity index (χ3n) is 12.6. The van der Waals surface area contributed by atoms with Crippen LogP contribution in [0, 0.1) is 6.92 Å². The van der Waals surface area contributed by atoms with E-state index in [1.165, 1.54) is 6.92 Å². The number of hydrogen-bond acceptors (Lipinski definition) is 13. The maximum Gasteiger partial charge on any atom is 0.264 e. The molecule has 1 saturated carbocycles. The van der Waals surface area contributed by atoms with E-state index >= 15 is 0 Å². The lowest BCUT2D eigenvalue weighted by molar-refractivity contribution is -0.136. The number of carbonyl (C=O) groups excluding carboxylic acids is 6. The smallest absolute Gasteiger partial charge is 0.264 e. The minimum Gasteiger partial charge on any atom is -0.384 e. The number of unbranched alkanes of at least 4 members (excludes halogenated alkanes) is 4. The Balaban J connectivity index is 0.754. The Labute approximate surface area is 358 Å². The molecule has 17 nitrogen and oxygen atoms in total. The molecule has 1 atom stereocenters. The first-order valence-electron chi connectivity index (χ1n) is 21.8. The van der Waals surface area contributed by atoms with Crippen LogP contribution in [0.3, 0.4) is 0 Å². The highest BCUT2D eigenvalue weighted by atomic mass is 16.2. The van der Waals surface area contributed by atoms with Gasteiger partial charge in [-0.3, -0.25) is 48.3 Å². The van der Waals surface area contributed by atoms with Gasteiger partial charge in [-0.05, 0) is 75.8 Å². The van der Waals surface area contributed by atoms with Crippen molar-refractivity contribution < 1.29 is 28.8 Å². The van der Waals surface area contributed by atoms with Gasteiger partial charge in [-0.15, -0.1) is 0 Å². The number of pyridine rings is 2. The number of amides is 5. The van der Waals surface area contributed by atoms with E-state index in [1.54, 1.807) is 42.1 Å². The molecule has 3 N–H and O–H groups in total. The number of piperidine rings is 1. The third-order valence-corrected chi connectivity index (χ3v) is 12.6. The monoisotopic (exact) mass is 844 g/mol. The average Bonchev–Trinajstić information content (AvgIpc) is 3.88. The number of fused-ring (bicyclic) bond motifs is 2. The Bertz CT molecular complexity index is 2490. The maximum atomic E-state index is 13.6. The summed E-state index contributed by atoms with van der Waals surface area (Å²) in [5.74, 6) is -1.32. The number of benzene rings is 1. The summed E-state index contributed by atoms with van der Waals surface area (Å²) in [6, 6.07) is 7.87. The van der Waals surface area contributed by atoms with Gasteiger partial charge in [0.2, 0.25) is 23.7 Å². The van der Waals surface area contributed by atoms with Gasteiger partial charge in [-0.1, -0.05) is 38.2 Å². The first-order valence-corrected chi connectivity index (χ1v) is 21.8. The molecule has 3 aliphatic heterocycles. The van der Waals surface area contributed by atoms with Crippen LogP contribution >= 0.6 is 0 Å². The third kappa shape index (κ3) is 8.52. The Morgan fingerprint density at radius 3 is 2.34 bits per heavy atom. The quantitative estimate of drug-likeness (QED) is 0.0814. The predicted molar refractivity (Wildman–Crippen MR) is 232 cm³/mol. The molecule has 62 heavy (non-hydrogen) atoms. The van der Waals surface area contributed by atoms with Gasteiger partial charge in [0.25, 0.3) is 17.4 Å². The molecule has 4 aliphatic rings. The van der Waals surface area contributed by atoms with E-state index in [2.05, 4.69) is 30.8 Å². The fourth-order valence-electron chi connectivity index (χ4n) is 9.26. The number of ketones is 1. The Kier molecular flexibility index (Phi) is 12.4. The average molecular weight is 845 g/mol. The molecule has 3 aromatic heterocycles. The van der Waals surface area contributed by atoms with Crippen molar-refractivity contribution in [3.63, 3.8) is 0 Å². The Hall–Kier alpha value is -6.52. The number of nitrogens with zero attached hydrogens (tertiary/aromatic N) is 7. The van der Waals surface area contributed by atoms with Crippen LogP contribution < -0.4 is 26.4 Å². The van der Waals surface area contributed by atoms with Crippen molar-refractivity contribution in [2.45, 2.75) is 103 Å². The molecular weight excluding hydrogens is 793 g/mol. The summed E-state index contributed by atoms with van der Waals surface area (Å²) in [7, 11) is 0. The van der Waals surface area contributed by atoms with Crippen molar-refractivity contribution in [1.82, 2.24) is 34.6 Å². The summed E-state index contributed by atoms with van der Waals surface area (Å²) in [6.07, 6.45) is 12.4. The summed E-state index contributed by atoms with van der Waals surface area (Å²) in [5.41, 5.74) is 3.03. The SMILES string of the molecule is CC(=O)c1c(C)c2cnc(Nc3ccc(N4CCN(C(=O)CCCCCCCNc5cccc6c5C(=O)N(C5CCC(=O)NC5=O)C6=O)CC4)cn3)nc2n(C2CCCC2)c1=O. The van der Waals surface area contributed by atoms with Crippen molar-refractivity contribution in [2.24, 2.45) is 0 Å². The number of aromatic nitrogens is 4. The second-order valence-corrected chi connectivity index (χ2v) is 16.6. The number of nitrogens with one attached hydrogen (secondary N) is 3. The Morgan fingerprint density at radius 2 is 1.61 bits per heavy atom. The first-order chi connectivity index (χ1) is 30.0. The summed E-state index contributed by atoms with van der Waals surface area (Å²) in [4.78, 5) is 108. The number of imide groups is 2. The van der Waals surface area contributed by atoms with E-state index in [0.29, 0.717) is 73.2 Å². The zero-order valence-corrected chi connectivity index (χ0v) is 35.2. The maximum absolute atomic E-state index is 13.6. The molecule has 0 spiro atoms. The summed E-state index contributed by atoms with van der Waals surface area (Å²) in [6.45, 7) is 6.45. The van der Waals surface area contributed by atoms with Crippen LogP contribution in [0.15, 0.2) is 47.5 Å². The highest BCUT2D eigenvalue weighted by molar-refractivity contribution is 6.25. The van der Waals surface area contributed by atoms with Crippen LogP contribution in [-0.4, -0.2) is 103 Å². The molecule has 4 aromatic rings. The molecule has 6 heterocycles. The second-order valence-electron chi connectivity index (χ2n) is 16.6. The highest BCUT2D eigenvalue weighted by Crippen LogP contribution is 2.34. The number of anilines is 4. The molecule has 0 radical (unpaired) electrons. The molecule has 1 aromatic carbocycles. The van der Waals surface area contributed by atoms with Gasteiger partial charge in [0.1, 0.15) is 17.5 Å². The number of carbonyl (C=O) groups is 6. The van der Waals surface area contributed by atoms with Gasteiger partial charge in [-0.25, -0.2) is 9.97 Å². The van der Waals surface area contributed by atoms with Crippen LogP contribution in [0.1, 0.15) is 127 Å². The lowest BCUT2D eigenvalue weighted by Crippen LogP contribution is -2.54. The second kappa shape index (κ2) is 18.2. The number of hydrogen-bond donors (Lipinski definition) is 3. The number of rotatable bonds is 15. The number of Topliss-reactive ketones (excluding diaryl/α,β-unsaturated/α-hetero) is 1. The van der Waals surface area contributed by atoms with Crippen LogP contribution in [0.5, 0.6) is 0 Å². The summed E-state index contributed by atoms with van der Waals surface area (Å²) in [5, 5.41) is 9.38. The molecule has 17 heteroatoms. The fourth-order valence-corrected chi connectivity index (χ4v) is 9.26. The molecule has 2 saturated heterocycles. The van der Waals surface area contributed by atoms with Crippen molar-refractivity contribution in [3.05, 3.63) is 75.3 Å². The predicted octanol–water partition coefficient (Wildman–Crippen LogP) is 5.06. The van der Waals surface area contributed by atoms with Crippen LogP contribution in [0.25, 0.3) is 11.0 Å². The topological polar surface area (TPSA) is 209 Å². The van der Waals surface area contributed by atoms with Crippen LogP contribution in [0.4, 0.5) is 23.1 Å². The summed E-state index contributed by atoms with van der Waals surface area (Å²) >= 11 is 0. The first kappa shape index (κ1) is 42.2. The fraction of sp³-hybridized carbons (Fsp3) is 0.467. The zero-order chi connectivity index (χ0) is 43.5. The Morgan fingerprint density at radius 1 is 0.855 bits per heavy atom. The normalized spacial score (nSPS) is 18.1. The lowest BCUT2D eigenvalue weighted by Gasteiger charge is -2.36. The lowest BCUT2D eigenvalue weighted by atomic mass is 10.0. The van der Waals surface area contributed by atoms with E-state index in [1.807, 2.05) is 17.0 Å². The van der Waals surface area contributed by atoms with E-state index < -0.39 is 29.7 Å². The zero-order valence-electron chi connectivity index (χ0n) is 35.2. The van der Waals surface area contributed by atoms with Crippen molar-refractivity contribution in [2.75, 3.05) is 48.3 Å². The van der Waals surface area contributed by atoms with E-state index in [9.17, 15) is 33.6 Å². The van der Waals surface area contributed by atoms with Crippen molar-refractivity contribution >= 4 is 69.5 Å². The number of aryl methyl sites for hydroxylation is 1. The molecule has 1 unspecified atom stereocenters. The van der Waals surface area contributed by atoms with Crippen molar-refractivity contribution in [1.29, 1.82) is 0 Å². The largest absolute Gasteiger partial charge is 0.384 e. The molecule has 3 fully saturated rings. The van der Waals surface area contributed by atoms with Crippen molar-refractivity contribution in [3.8, 4) is 0 Å². The van der Waals surface area contributed by atoms with Crippen LogP contribution in [0.2, 0.25) is 0 Å². The standard InChI is InChI=1S/C45H52N10O7/c1-27-32-26-48-45(51-40(32)54(29-11-7-8-12-29)43(61)38(27)28(2)56)49-35-18-16-30(25-47-35)52-21-23-53(24-22-52)37(58)15-6-4-3-5-9-20-46-33-14-10-13-31-39(33)44(62)55(42(31)60)34-17-19-36(57)50-41(34)59/h10,13-14,16,18,25-26,29,34,46H,3-9,11-12,15,17,19-24H2,1-2H3,(H,50,57,59)(H,47,48,49,51). The van der Waals surface area contributed by atoms with Gasteiger partial charge in [0.05, 0.1) is 28.6 Å². The van der Waals surface area contributed by atoms with Gasteiger partial charge in [0, 0.05) is 68.9 Å².